The summed E-state index contributed by atoms with van der Waals surface area (Å²) in [7, 11) is 1.71. The van der Waals surface area contributed by atoms with Crippen molar-refractivity contribution in [3.63, 3.8) is 0 Å². The van der Waals surface area contributed by atoms with E-state index < -0.39 is 0 Å². The Morgan fingerprint density at radius 1 is 1.00 bits per heavy atom. The summed E-state index contributed by atoms with van der Waals surface area (Å²) in [4.78, 5) is 11.4. The Bertz CT molecular complexity index is 556. The molecule has 0 atom stereocenters. The fraction of sp³-hybridized carbons (Fsp3) is 0.522. The lowest BCUT2D eigenvalue weighted by molar-refractivity contribution is -0.137. The molecule has 146 valence electrons. The monoisotopic (exact) mass is 360 g/mol. The first-order valence-electron chi connectivity index (χ1n) is 9.38. The van der Waals surface area contributed by atoms with Gasteiger partial charge in [-0.3, -0.25) is 0 Å². The predicted molar refractivity (Wildman–Crippen MR) is 111 cm³/mol. The fourth-order valence-corrected chi connectivity index (χ4v) is 2.34. The van der Waals surface area contributed by atoms with Gasteiger partial charge in [-0.1, -0.05) is 41.5 Å². The largest absolute Gasteiger partial charge is 0.463 e. The predicted octanol–water partition coefficient (Wildman–Crippen LogP) is 6.10. The summed E-state index contributed by atoms with van der Waals surface area (Å²) in [5.41, 5.74) is 4.91. The Morgan fingerprint density at radius 3 is 2.31 bits per heavy atom. The van der Waals surface area contributed by atoms with Crippen molar-refractivity contribution in [3.8, 4) is 0 Å². The van der Waals surface area contributed by atoms with E-state index in [4.69, 9.17) is 9.47 Å². The Hall–Kier alpha value is -1.87. The number of methoxy groups -OCH3 is 1. The van der Waals surface area contributed by atoms with E-state index >= 15 is 0 Å². The van der Waals surface area contributed by atoms with Gasteiger partial charge >= 0.3 is 5.97 Å². The van der Waals surface area contributed by atoms with Crippen LogP contribution in [-0.4, -0.2) is 26.3 Å². The zero-order valence-corrected chi connectivity index (χ0v) is 17.4. The van der Waals surface area contributed by atoms with Crippen molar-refractivity contribution in [1.82, 2.24) is 0 Å². The minimum Gasteiger partial charge on any atom is -0.463 e. The molecule has 0 heterocycles. The average molecular weight is 361 g/mol. The summed E-state index contributed by atoms with van der Waals surface area (Å²) in [6, 6.07) is 0. The Balaban J connectivity index is 4.58. The summed E-state index contributed by atoms with van der Waals surface area (Å²) in [5.74, 6) is -0.301. The average Bonchev–Trinajstić information content (AvgIpc) is 2.54. The van der Waals surface area contributed by atoms with E-state index in [1.807, 2.05) is 19.1 Å². The lowest BCUT2D eigenvalue weighted by Gasteiger charge is -2.05. The van der Waals surface area contributed by atoms with Gasteiger partial charge in [-0.05, 0) is 71.4 Å². The van der Waals surface area contributed by atoms with Crippen molar-refractivity contribution < 1.29 is 14.3 Å². The first-order valence-corrected chi connectivity index (χ1v) is 9.38. The van der Waals surface area contributed by atoms with Gasteiger partial charge in [-0.25, -0.2) is 4.79 Å². The molecular weight excluding hydrogens is 324 g/mol. The van der Waals surface area contributed by atoms with Crippen LogP contribution in [0.1, 0.15) is 60.3 Å². The number of carbonyl (C=O) groups excluding carboxylic acids is 1. The number of hydrogen-bond donors (Lipinski definition) is 0. The molecule has 0 amide bonds. The van der Waals surface area contributed by atoms with Crippen LogP contribution < -0.4 is 0 Å². The molecular formula is C23H36O3. The Kier molecular flexibility index (Phi) is 14.3. The molecule has 0 unspecified atom stereocenters. The van der Waals surface area contributed by atoms with Crippen LogP contribution in [0.2, 0.25) is 0 Å². The second kappa shape index (κ2) is 15.4. The highest BCUT2D eigenvalue weighted by Gasteiger charge is 1.97. The van der Waals surface area contributed by atoms with Crippen LogP contribution in [0, 0.1) is 0 Å². The van der Waals surface area contributed by atoms with E-state index in [2.05, 4.69) is 39.0 Å². The molecule has 0 aliphatic heterocycles. The highest BCUT2D eigenvalue weighted by molar-refractivity contribution is 5.83. The van der Waals surface area contributed by atoms with Gasteiger partial charge in [0.25, 0.3) is 0 Å². The molecule has 0 N–H and O–H groups in total. The molecule has 0 aromatic heterocycles. The number of allylic oxidation sites excluding steroid dienone is 8. The quantitative estimate of drug-likeness (QED) is 0.183. The maximum absolute atomic E-state index is 11.4. The van der Waals surface area contributed by atoms with E-state index in [9.17, 15) is 4.79 Å². The van der Waals surface area contributed by atoms with Crippen LogP contribution in [0.15, 0.2) is 58.7 Å². The molecule has 0 saturated carbocycles. The van der Waals surface area contributed by atoms with Crippen molar-refractivity contribution >= 4 is 5.97 Å². The molecule has 0 aromatic rings. The smallest absolute Gasteiger partial charge is 0.330 e. The molecule has 0 aromatic carbocycles. The second-order valence-corrected chi connectivity index (χ2v) is 6.67. The number of ether oxygens (including phenoxy) is 2. The van der Waals surface area contributed by atoms with Crippen LogP contribution in [0.4, 0.5) is 0 Å². The fourth-order valence-electron chi connectivity index (χ4n) is 2.34. The van der Waals surface area contributed by atoms with Gasteiger partial charge < -0.3 is 9.47 Å². The van der Waals surface area contributed by atoms with Gasteiger partial charge in [-0.15, -0.1) is 0 Å². The Morgan fingerprint density at radius 2 is 1.69 bits per heavy atom. The summed E-state index contributed by atoms with van der Waals surface area (Å²) in [6.45, 7) is 11.2. The highest BCUT2D eigenvalue weighted by Crippen LogP contribution is 2.12. The molecule has 0 rings (SSSR count). The second-order valence-electron chi connectivity index (χ2n) is 6.67. The summed E-state index contributed by atoms with van der Waals surface area (Å²) < 4.78 is 10.2. The SMILES string of the molecule is CCOC(=O)/C=C(C)/C=C/C=C(/CC/C=C(\C)CCC=C(C)C)COC. The van der Waals surface area contributed by atoms with Gasteiger partial charge in [0, 0.05) is 13.2 Å². The molecule has 0 fully saturated rings. The third-order valence-corrected chi connectivity index (χ3v) is 3.70. The van der Waals surface area contributed by atoms with E-state index in [0.29, 0.717) is 13.2 Å². The van der Waals surface area contributed by atoms with E-state index in [1.165, 1.54) is 22.8 Å². The number of rotatable bonds is 12. The van der Waals surface area contributed by atoms with Gasteiger partial charge in [-0.2, -0.15) is 0 Å². The van der Waals surface area contributed by atoms with Crippen molar-refractivity contribution in [2.45, 2.75) is 60.3 Å². The van der Waals surface area contributed by atoms with Gasteiger partial charge in [0.05, 0.1) is 13.2 Å². The van der Waals surface area contributed by atoms with E-state index in [-0.39, 0.29) is 5.97 Å². The number of esters is 1. The zero-order valence-electron chi connectivity index (χ0n) is 17.4. The Labute approximate surface area is 160 Å². The third kappa shape index (κ3) is 14.5. The zero-order chi connectivity index (χ0) is 19.8. The van der Waals surface area contributed by atoms with Crippen molar-refractivity contribution in [3.05, 3.63) is 58.7 Å². The topological polar surface area (TPSA) is 35.5 Å². The van der Waals surface area contributed by atoms with Gasteiger partial charge in [0.15, 0.2) is 0 Å². The molecule has 0 radical (unpaired) electrons. The summed E-state index contributed by atoms with van der Waals surface area (Å²) in [6.07, 6.45) is 16.3. The minimum atomic E-state index is -0.301. The molecule has 0 saturated heterocycles. The molecule has 0 bridgehead atoms. The maximum Gasteiger partial charge on any atom is 0.330 e. The molecule has 3 heteroatoms. The van der Waals surface area contributed by atoms with Crippen LogP contribution in [0.5, 0.6) is 0 Å². The van der Waals surface area contributed by atoms with Crippen molar-refractivity contribution in [2.24, 2.45) is 0 Å². The van der Waals surface area contributed by atoms with Crippen LogP contribution in [0.3, 0.4) is 0 Å². The summed E-state index contributed by atoms with van der Waals surface area (Å²) in [5, 5.41) is 0. The van der Waals surface area contributed by atoms with Crippen molar-refractivity contribution in [1.29, 1.82) is 0 Å². The summed E-state index contributed by atoms with van der Waals surface area (Å²) >= 11 is 0. The molecule has 3 nitrogen and oxygen atoms in total. The molecule has 0 aliphatic carbocycles. The number of carbonyl (C=O) groups is 1. The van der Waals surface area contributed by atoms with Crippen LogP contribution >= 0.6 is 0 Å². The minimum absolute atomic E-state index is 0.301. The molecule has 0 aliphatic rings. The van der Waals surface area contributed by atoms with Crippen molar-refractivity contribution in [2.75, 3.05) is 20.3 Å². The van der Waals surface area contributed by atoms with Crippen LogP contribution in [0.25, 0.3) is 0 Å². The van der Waals surface area contributed by atoms with Crippen LogP contribution in [-0.2, 0) is 14.3 Å². The first-order chi connectivity index (χ1) is 12.4. The standard InChI is InChI=1S/C23H36O3/c1-7-26-23(24)17-21(5)14-10-16-22(18-25-6)15-9-13-20(4)12-8-11-19(2)3/h10-11,13-14,16-17H,7-9,12,15,18H2,1-6H3/b14-10+,20-13+,21-17+,22-16-. The lowest BCUT2D eigenvalue weighted by atomic mass is 10.1. The molecule has 0 spiro atoms. The van der Waals surface area contributed by atoms with Gasteiger partial charge in [0.2, 0.25) is 0 Å². The number of hydrogen-bond acceptors (Lipinski definition) is 3. The van der Waals surface area contributed by atoms with Gasteiger partial charge in [0.1, 0.15) is 0 Å². The first kappa shape index (κ1) is 24.1. The van der Waals surface area contributed by atoms with E-state index in [0.717, 1.165) is 31.3 Å². The van der Waals surface area contributed by atoms with E-state index in [1.54, 1.807) is 14.0 Å². The highest BCUT2D eigenvalue weighted by atomic mass is 16.5. The normalized spacial score (nSPS) is 13.2. The molecule has 26 heavy (non-hydrogen) atoms. The third-order valence-electron chi connectivity index (χ3n) is 3.70. The maximum atomic E-state index is 11.4. The lowest BCUT2D eigenvalue weighted by Crippen LogP contribution is -1.99.